The van der Waals surface area contributed by atoms with Crippen LogP contribution >= 0.6 is 15.9 Å². The van der Waals surface area contributed by atoms with E-state index in [1.54, 1.807) is 0 Å². The van der Waals surface area contributed by atoms with Gasteiger partial charge in [-0.1, -0.05) is 35.0 Å². The molecule has 1 aliphatic rings. The van der Waals surface area contributed by atoms with Crippen LogP contribution in [0.1, 0.15) is 6.92 Å². The minimum Gasteiger partial charge on any atom is -0.486 e. The molecule has 5 nitrogen and oxygen atoms in total. The Balaban J connectivity index is 1.52. The van der Waals surface area contributed by atoms with Crippen molar-refractivity contribution >= 4 is 27.5 Å². The molecule has 1 aliphatic heterocycles. The lowest BCUT2D eigenvalue weighted by atomic mass is 10.2. The van der Waals surface area contributed by atoms with Crippen LogP contribution in [0.2, 0.25) is 0 Å². The number of benzene rings is 2. The number of nitrogens with zero attached hydrogens (tertiary/aromatic N) is 1. The summed E-state index contributed by atoms with van der Waals surface area (Å²) in [6, 6.07) is 15.2. The Morgan fingerprint density at radius 1 is 1.20 bits per heavy atom. The van der Waals surface area contributed by atoms with Crippen molar-refractivity contribution in [2.75, 3.05) is 31.6 Å². The number of nitrogens with one attached hydrogen (secondary N) is 1. The first-order chi connectivity index (χ1) is 12.1. The van der Waals surface area contributed by atoms with E-state index in [9.17, 15) is 4.79 Å². The number of fused-ring (bicyclic) bond motifs is 1. The molecule has 1 unspecified atom stereocenters. The lowest BCUT2D eigenvalue weighted by Crippen LogP contribution is -2.43. The quantitative estimate of drug-likeness (QED) is 0.799. The molecule has 3 rings (SSSR count). The van der Waals surface area contributed by atoms with Crippen LogP contribution in [0.4, 0.5) is 5.69 Å². The van der Waals surface area contributed by atoms with Gasteiger partial charge in [-0.3, -0.25) is 9.69 Å². The number of rotatable bonds is 6. The topological polar surface area (TPSA) is 50.8 Å². The fourth-order valence-corrected chi connectivity index (χ4v) is 2.95. The van der Waals surface area contributed by atoms with Crippen LogP contribution in [0.5, 0.6) is 11.5 Å². The smallest absolute Gasteiger partial charge is 0.238 e. The average molecular weight is 405 g/mol. The summed E-state index contributed by atoms with van der Waals surface area (Å²) in [7, 11) is 0. The first-order valence-corrected chi connectivity index (χ1v) is 9.09. The molecule has 0 radical (unpaired) electrons. The number of para-hydroxylation sites is 2. The predicted molar refractivity (Wildman–Crippen MR) is 101 cm³/mol. The van der Waals surface area contributed by atoms with Gasteiger partial charge in [-0.05, 0) is 42.9 Å². The van der Waals surface area contributed by atoms with Crippen LogP contribution in [0.15, 0.2) is 53.0 Å². The van der Waals surface area contributed by atoms with Crippen molar-refractivity contribution in [1.82, 2.24) is 4.90 Å². The lowest BCUT2D eigenvalue weighted by molar-refractivity contribution is -0.117. The highest BCUT2D eigenvalue weighted by Gasteiger charge is 2.23. The summed E-state index contributed by atoms with van der Waals surface area (Å²) >= 11 is 3.38. The molecule has 0 saturated heterocycles. The Hall–Kier alpha value is -2.05. The molecule has 6 heteroatoms. The number of carbonyl (C=O) groups is 1. The van der Waals surface area contributed by atoms with Gasteiger partial charge < -0.3 is 14.8 Å². The molecule has 1 atom stereocenters. The van der Waals surface area contributed by atoms with Gasteiger partial charge >= 0.3 is 0 Å². The van der Waals surface area contributed by atoms with E-state index in [-0.39, 0.29) is 12.0 Å². The Morgan fingerprint density at radius 2 is 1.92 bits per heavy atom. The van der Waals surface area contributed by atoms with Crippen LogP contribution in [-0.2, 0) is 4.79 Å². The largest absolute Gasteiger partial charge is 0.486 e. The molecule has 0 aromatic heterocycles. The lowest BCUT2D eigenvalue weighted by Gasteiger charge is -2.30. The van der Waals surface area contributed by atoms with E-state index in [1.165, 1.54) is 0 Å². The van der Waals surface area contributed by atoms with Gasteiger partial charge in [-0.25, -0.2) is 0 Å². The van der Waals surface area contributed by atoms with Crippen molar-refractivity contribution in [3.63, 3.8) is 0 Å². The van der Waals surface area contributed by atoms with E-state index in [0.29, 0.717) is 19.7 Å². The molecule has 0 bridgehead atoms. The van der Waals surface area contributed by atoms with Crippen molar-refractivity contribution in [1.29, 1.82) is 0 Å². The van der Waals surface area contributed by atoms with E-state index in [2.05, 4.69) is 26.1 Å². The maximum Gasteiger partial charge on any atom is 0.238 e. The molecule has 2 aromatic rings. The van der Waals surface area contributed by atoms with E-state index in [1.807, 2.05) is 55.5 Å². The van der Waals surface area contributed by atoms with Crippen molar-refractivity contribution < 1.29 is 14.3 Å². The maximum atomic E-state index is 12.3. The number of halogens is 1. The fraction of sp³-hybridized carbons (Fsp3) is 0.316. The number of hydrogen-bond donors (Lipinski definition) is 1. The third-order valence-corrected chi connectivity index (χ3v) is 4.50. The number of likely N-dealkylation sites (N-methyl/N-ethyl adjacent to an activating group) is 1. The van der Waals surface area contributed by atoms with Gasteiger partial charge in [0.15, 0.2) is 11.5 Å². The van der Waals surface area contributed by atoms with Gasteiger partial charge in [0, 0.05) is 16.7 Å². The summed E-state index contributed by atoms with van der Waals surface area (Å²) < 4.78 is 12.7. The van der Waals surface area contributed by atoms with Gasteiger partial charge in [0.1, 0.15) is 12.7 Å². The second-order valence-electron chi connectivity index (χ2n) is 5.88. The summed E-state index contributed by atoms with van der Waals surface area (Å²) in [5.41, 5.74) is 0.787. The molecular formula is C19H21BrN2O3. The van der Waals surface area contributed by atoms with Gasteiger partial charge in [0.2, 0.25) is 5.91 Å². The molecule has 1 amide bonds. The van der Waals surface area contributed by atoms with Crippen molar-refractivity contribution in [3.8, 4) is 11.5 Å². The standard InChI is InChI=1S/C19H21BrN2O3/c1-2-22(12-19(23)21-15-9-7-14(20)8-10-15)11-16-13-24-17-5-3-4-6-18(17)25-16/h3-10,16H,2,11-13H2,1H3,(H,21,23). The molecular weight excluding hydrogens is 384 g/mol. The third-order valence-electron chi connectivity index (χ3n) is 3.97. The highest BCUT2D eigenvalue weighted by atomic mass is 79.9. The maximum absolute atomic E-state index is 12.3. The number of amides is 1. The van der Waals surface area contributed by atoms with Gasteiger partial charge in [0.05, 0.1) is 6.54 Å². The zero-order valence-corrected chi connectivity index (χ0v) is 15.7. The van der Waals surface area contributed by atoms with E-state index in [4.69, 9.17) is 9.47 Å². The van der Waals surface area contributed by atoms with Crippen molar-refractivity contribution in [2.24, 2.45) is 0 Å². The third kappa shape index (κ3) is 4.96. The molecule has 0 spiro atoms. The summed E-state index contributed by atoms with van der Waals surface area (Å²) in [4.78, 5) is 14.3. The molecule has 0 aliphatic carbocycles. The van der Waals surface area contributed by atoms with E-state index in [0.717, 1.165) is 28.2 Å². The summed E-state index contributed by atoms with van der Waals surface area (Å²) in [5, 5.41) is 2.91. The minimum absolute atomic E-state index is 0.0405. The van der Waals surface area contributed by atoms with Crippen molar-refractivity contribution in [3.05, 3.63) is 53.0 Å². The molecule has 1 heterocycles. The highest BCUT2D eigenvalue weighted by molar-refractivity contribution is 9.10. The molecule has 25 heavy (non-hydrogen) atoms. The molecule has 2 aromatic carbocycles. The zero-order valence-electron chi connectivity index (χ0n) is 14.1. The normalized spacial score (nSPS) is 15.9. The number of anilines is 1. The summed E-state index contributed by atoms with van der Waals surface area (Å²) in [6.07, 6.45) is -0.0877. The van der Waals surface area contributed by atoms with Crippen LogP contribution in [-0.4, -0.2) is 43.2 Å². The number of hydrogen-bond acceptors (Lipinski definition) is 4. The monoisotopic (exact) mass is 404 g/mol. The van der Waals surface area contributed by atoms with Crippen LogP contribution in [0.3, 0.4) is 0 Å². The Morgan fingerprint density at radius 3 is 2.64 bits per heavy atom. The molecule has 1 N–H and O–H groups in total. The van der Waals surface area contributed by atoms with Crippen LogP contribution < -0.4 is 14.8 Å². The minimum atomic E-state index is -0.0877. The van der Waals surface area contributed by atoms with E-state index < -0.39 is 0 Å². The number of ether oxygens (including phenoxy) is 2. The fourth-order valence-electron chi connectivity index (χ4n) is 2.68. The first kappa shape index (κ1) is 17.8. The second kappa shape index (κ2) is 8.36. The SMILES string of the molecule is CCN(CC(=O)Nc1ccc(Br)cc1)CC1COc2ccccc2O1. The Labute approximate surface area is 156 Å². The summed E-state index contributed by atoms with van der Waals surface area (Å²) in [5.74, 6) is 1.49. The molecule has 0 fully saturated rings. The second-order valence-corrected chi connectivity index (χ2v) is 6.80. The highest BCUT2D eigenvalue weighted by Crippen LogP contribution is 2.31. The number of carbonyl (C=O) groups excluding carboxylic acids is 1. The predicted octanol–water partition coefficient (Wildman–Crippen LogP) is 3.55. The molecule has 0 saturated carbocycles. The van der Waals surface area contributed by atoms with Crippen LogP contribution in [0, 0.1) is 0 Å². The van der Waals surface area contributed by atoms with Crippen LogP contribution in [0.25, 0.3) is 0 Å². The van der Waals surface area contributed by atoms with Gasteiger partial charge in [-0.15, -0.1) is 0 Å². The average Bonchev–Trinajstić information content (AvgIpc) is 2.63. The first-order valence-electron chi connectivity index (χ1n) is 8.30. The van der Waals surface area contributed by atoms with Crippen molar-refractivity contribution in [2.45, 2.75) is 13.0 Å². The molecule has 132 valence electrons. The Kier molecular flexibility index (Phi) is 5.94. The van der Waals surface area contributed by atoms with Gasteiger partial charge in [-0.2, -0.15) is 0 Å². The summed E-state index contributed by atoms with van der Waals surface area (Å²) in [6.45, 7) is 4.23. The van der Waals surface area contributed by atoms with Gasteiger partial charge in [0.25, 0.3) is 0 Å². The van der Waals surface area contributed by atoms with E-state index >= 15 is 0 Å². The Bertz CT molecular complexity index is 721. The zero-order chi connectivity index (χ0) is 17.6.